The molecule has 7 heteroatoms. The number of ether oxygens (including phenoxy) is 5. The van der Waals surface area contributed by atoms with Gasteiger partial charge in [0.05, 0.1) is 11.1 Å². The number of hydrogen-bond donors (Lipinski definition) is 0. The molecule has 2 saturated heterocycles. The lowest BCUT2D eigenvalue weighted by molar-refractivity contribution is -0.223. The van der Waals surface area contributed by atoms with Crippen molar-refractivity contribution in [1.82, 2.24) is 0 Å². The van der Waals surface area contributed by atoms with Gasteiger partial charge in [0.25, 0.3) is 0 Å². The van der Waals surface area contributed by atoms with Crippen LogP contribution in [0.25, 0.3) is 0 Å². The number of aryl methyl sites for hydroxylation is 2. The number of rotatable bonds is 5. The maximum atomic E-state index is 12.6. The van der Waals surface area contributed by atoms with Crippen molar-refractivity contribution in [3.05, 3.63) is 70.8 Å². The highest BCUT2D eigenvalue weighted by atomic mass is 16.8. The van der Waals surface area contributed by atoms with Gasteiger partial charge in [-0.3, -0.25) is 0 Å². The zero-order valence-corrected chi connectivity index (χ0v) is 18.0. The third kappa shape index (κ3) is 4.79. The topological polar surface area (TPSA) is 80.3 Å². The average molecular weight is 426 g/mol. The molecule has 2 aromatic carbocycles. The van der Waals surface area contributed by atoms with Gasteiger partial charge in [-0.05, 0) is 52.0 Å². The number of fused-ring (bicyclic) bond motifs is 1. The summed E-state index contributed by atoms with van der Waals surface area (Å²) in [5, 5.41) is 0. The van der Waals surface area contributed by atoms with Crippen molar-refractivity contribution >= 4 is 11.9 Å². The Bertz CT molecular complexity index is 949. The van der Waals surface area contributed by atoms with Crippen LogP contribution in [0.15, 0.2) is 48.5 Å². The summed E-state index contributed by atoms with van der Waals surface area (Å²) in [6.45, 7) is 7.39. The summed E-state index contributed by atoms with van der Waals surface area (Å²) in [7, 11) is 0. The molecule has 2 aromatic rings. The molecule has 0 radical (unpaired) electrons. The first-order chi connectivity index (χ1) is 14.7. The van der Waals surface area contributed by atoms with E-state index in [0.717, 1.165) is 11.1 Å². The van der Waals surface area contributed by atoms with E-state index < -0.39 is 42.3 Å². The van der Waals surface area contributed by atoms with Crippen molar-refractivity contribution in [3.63, 3.8) is 0 Å². The molecule has 0 N–H and O–H groups in total. The van der Waals surface area contributed by atoms with E-state index in [1.54, 1.807) is 38.1 Å². The second kappa shape index (κ2) is 8.42. The SMILES string of the molecule is Cc1ccc(C(=O)OCC2OC(OC(=O)c3ccc(C)cc3)C3OC(C)(C)OC23)cc1. The van der Waals surface area contributed by atoms with E-state index in [1.807, 2.05) is 38.1 Å². The molecule has 0 bridgehead atoms. The van der Waals surface area contributed by atoms with Gasteiger partial charge in [0.1, 0.15) is 18.8 Å². The van der Waals surface area contributed by atoms with Crippen LogP contribution in [0.4, 0.5) is 0 Å². The van der Waals surface area contributed by atoms with E-state index >= 15 is 0 Å². The van der Waals surface area contributed by atoms with Crippen molar-refractivity contribution in [1.29, 1.82) is 0 Å². The van der Waals surface area contributed by atoms with Crippen molar-refractivity contribution in [2.45, 2.75) is 58.1 Å². The maximum absolute atomic E-state index is 12.6. The van der Waals surface area contributed by atoms with Gasteiger partial charge in [-0.15, -0.1) is 0 Å². The van der Waals surface area contributed by atoms with E-state index in [-0.39, 0.29) is 6.61 Å². The summed E-state index contributed by atoms with van der Waals surface area (Å²) in [5.41, 5.74) is 2.96. The van der Waals surface area contributed by atoms with Crippen LogP contribution in [0, 0.1) is 13.8 Å². The second-order valence-electron chi connectivity index (χ2n) is 8.34. The van der Waals surface area contributed by atoms with Crippen molar-refractivity contribution in [3.8, 4) is 0 Å². The van der Waals surface area contributed by atoms with Crippen LogP contribution in [0.2, 0.25) is 0 Å². The molecular formula is C24H26O7. The highest BCUT2D eigenvalue weighted by Gasteiger charge is 2.57. The van der Waals surface area contributed by atoms with Crippen LogP contribution in [-0.2, 0) is 23.7 Å². The molecule has 0 aromatic heterocycles. The molecule has 0 saturated carbocycles. The van der Waals surface area contributed by atoms with E-state index in [2.05, 4.69) is 0 Å². The van der Waals surface area contributed by atoms with Crippen LogP contribution >= 0.6 is 0 Å². The summed E-state index contributed by atoms with van der Waals surface area (Å²) >= 11 is 0. The lowest BCUT2D eigenvalue weighted by Gasteiger charge is -2.24. The summed E-state index contributed by atoms with van der Waals surface area (Å²) in [6.07, 6.45) is -2.75. The van der Waals surface area contributed by atoms with E-state index in [0.29, 0.717) is 11.1 Å². The minimum atomic E-state index is -0.969. The Labute approximate surface area is 181 Å². The van der Waals surface area contributed by atoms with Crippen LogP contribution in [0.3, 0.4) is 0 Å². The Kier molecular flexibility index (Phi) is 5.83. The third-order valence-corrected chi connectivity index (χ3v) is 5.28. The fourth-order valence-corrected chi connectivity index (χ4v) is 3.67. The number of carbonyl (C=O) groups is 2. The fraction of sp³-hybridized carbons (Fsp3) is 0.417. The van der Waals surface area contributed by atoms with Gasteiger partial charge in [-0.2, -0.15) is 0 Å². The molecule has 164 valence electrons. The summed E-state index contributed by atoms with van der Waals surface area (Å²) in [5.74, 6) is -1.85. The molecule has 2 heterocycles. The van der Waals surface area contributed by atoms with Crippen molar-refractivity contribution in [2.75, 3.05) is 6.61 Å². The highest BCUT2D eigenvalue weighted by Crippen LogP contribution is 2.39. The quantitative estimate of drug-likeness (QED) is 0.676. The Balaban J connectivity index is 1.42. The van der Waals surface area contributed by atoms with Crippen LogP contribution in [-0.4, -0.2) is 48.9 Å². The molecule has 2 aliphatic heterocycles. The lowest BCUT2D eigenvalue weighted by atomic mass is 10.1. The molecule has 4 rings (SSSR count). The molecule has 0 amide bonds. The number of carbonyl (C=O) groups excluding carboxylic acids is 2. The van der Waals surface area contributed by atoms with Gasteiger partial charge in [0, 0.05) is 0 Å². The molecule has 4 atom stereocenters. The van der Waals surface area contributed by atoms with Gasteiger partial charge in [0.15, 0.2) is 11.9 Å². The molecule has 2 aliphatic rings. The Morgan fingerprint density at radius 1 is 0.839 bits per heavy atom. The smallest absolute Gasteiger partial charge is 0.340 e. The van der Waals surface area contributed by atoms with Crippen LogP contribution in [0.1, 0.15) is 45.7 Å². The van der Waals surface area contributed by atoms with Gasteiger partial charge < -0.3 is 23.7 Å². The molecule has 2 fully saturated rings. The second-order valence-corrected chi connectivity index (χ2v) is 8.34. The summed E-state index contributed by atoms with van der Waals surface area (Å²) in [4.78, 5) is 24.9. The van der Waals surface area contributed by atoms with Crippen molar-refractivity contribution < 1.29 is 33.3 Å². The minimum absolute atomic E-state index is 0.0497. The predicted molar refractivity (Wildman–Crippen MR) is 111 cm³/mol. The van der Waals surface area contributed by atoms with E-state index in [1.165, 1.54) is 0 Å². The molecule has 0 aliphatic carbocycles. The molecule has 7 nitrogen and oxygen atoms in total. The summed E-state index contributed by atoms with van der Waals surface area (Å²) in [6, 6.07) is 14.2. The minimum Gasteiger partial charge on any atom is -0.459 e. The summed E-state index contributed by atoms with van der Waals surface area (Å²) < 4.78 is 28.7. The first-order valence-corrected chi connectivity index (χ1v) is 10.2. The first-order valence-electron chi connectivity index (χ1n) is 10.2. The molecule has 31 heavy (non-hydrogen) atoms. The predicted octanol–water partition coefficient (Wildman–Crippen LogP) is 3.56. The van der Waals surface area contributed by atoms with Gasteiger partial charge >= 0.3 is 11.9 Å². The van der Waals surface area contributed by atoms with Crippen LogP contribution in [0.5, 0.6) is 0 Å². The fourth-order valence-electron chi connectivity index (χ4n) is 3.67. The zero-order chi connectivity index (χ0) is 22.2. The maximum Gasteiger partial charge on any atom is 0.340 e. The Morgan fingerprint density at radius 2 is 1.35 bits per heavy atom. The lowest BCUT2D eigenvalue weighted by Crippen LogP contribution is -2.33. The molecular weight excluding hydrogens is 400 g/mol. The third-order valence-electron chi connectivity index (χ3n) is 5.28. The van der Waals surface area contributed by atoms with Gasteiger partial charge in [-0.25, -0.2) is 9.59 Å². The van der Waals surface area contributed by atoms with E-state index in [9.17, 15) is 9.59 Å². The van der Waals surface area contributed by atoms with Crippen molar-refractivity contribution in [2.24, 2.45) is 0 Å². The number of benzene rings is 2. The molecule has 0 spiro atoms. The normalized spacial score (nSPS) is 26.3. The van der Waals surface area contributed by atoms with Crippen LogP contribution < -0.4 is 0 Å². The van der Waals surface area contributed by atoms with Gasteiger partial charge in [0.2, 0.25) is 6.29 Å². The Hall–Kier alpha value is -2.74. The molecule has 4 unspecified atom stereocenters. The highest BCUT2D eigenvalue weighted by molar-refractivity contribution is 5.90. The monoisotopic (exact) mass is 426 g/mol. The number of esters is 2. The largest absolute Gasteiger partial charge is 0.459 e. The standard InChI is InChI=1S/C24H26O7/c1-14-5-9-16(10-6-14)21(25)27-13-18-19-20(31-24(3,4)30-19)23(28-18)29-22(26)17-11-7-15(2)8-12-17/h5-12,18-20,23H,13H2,1-4H3. The first kappa shape index (κ1) is 21.5. The number of hydrogen-bond acceptors (Lipinski definition) is 7. The average Bonchev–Trinajstić information content (AvgIpc) is 3.20. The Morgan fingerprint density at radius 3 is 1.94 bits per heavy atom. The van der Waals surface area contributed by atoms with Gasteiger partial charge in [-0.1, -0.05) is 35.4 Å². The van der Waals surface area contributed by atoms with E-state index in [4.69, 9.17) is 23.7 Å². The zero-order valence-electron chi connectivity index (χ0n) is 18.0.